The Labute approximate surface area is 101 Å². The van der Waals surface area contributed by atoms with Crippen LogP contribution in [0.2, 0.25) is 0 Å². The number of H-pyrrole nitrogens is 1. The minimum atomic E-state index is -0.643. The molecule has 0 fully saturated rings. The fraction of sp³-hybridized carbons (Fsp3) is 0.100. The van der Waals surface area contributed by atoms with E-state index in [0.717, 1.165) is 0 Å². The van der Waals surface area contributed by atoms with E-state index in [1.807, 2.05) is 0 Å². The lowest BCUT2D eigenvalue weighted by atomic mass is 10.3. The van der Waals surface area contributed by atoms with Crippen molar-refractivity contribution in [3.8, 4) is 11.4 Å². The molecule has 3 N–H and O–H groups in total. The summed E-state index contributed by atoms with van der Waals surface area (Å²) in [6.07, 6.45) is 3.12. The van der Waals surface area contributed by atoms with Gasteiger partial charge < -0.3 is 0 Å². The summed E-state index contributed by atoms with van der Waals surface area (Å²) in [5.41, 5.74) is -0.0502. The number of amides is 1. The van der Waals surface area contributed by atoms with Gasteiger partial charge in [0.15, 0.2) is 0 Å². The molecule has 0 aliphatic carbocycles. The van der Waals surface area contributed by atoms with Gasteiger partial charge in [-0.25, -0.2) is 15.6 Å². The molecular weight excluding hydrogens is 236 g/mol. The fourth-order valence-electron chi connectivity index (χ4n) is 1.26. The number of carbonyl (C=O) groups is 1. The van der Waals surface area contributed by atoms with Gasteiger partial charge in [-0.1, -0.05) is 0 Å². The summed E-state index contributed by atoms with van der Waals surface area (Å²) in [6.45, 7) is 1.24. The van der Waals surface area contributed by atoms with Crippen molar-refractivity contribution in [1.82, 2.24) is 19.9 Å². The van der Waals surface area contributed by atoms with Crippen LogP contribution in [0.5, 0.6) is 0 Å². The van der Waals surface area contributed by atoms with Crippen LogP contribution in [0.1, 0.15) is 6.92 Å². The van der Waals surface area contributed by atoms with Crippen LogP contribution < -0.4 is 16.5 Å². The first-order valence-electron chi connectivity index (χ1n) is 5.02. The Hall–Kier alpha value is -2.61. The summed E-state index contributed by atoms with van der Waals surface area (Å²) in [4.78, 5) is 36.4. The van der Waals surface area contributed by atoms with Gasteiger partial charge in [0.2, 0.25) is 5.91 Å². The van der Waals surface area contributed by atoms with E-state index in [4.69, 9.17) is 5.84 Å². The molecule has 2 aromatic heterocycles. The number of hydrogen-bond acceptors (Lipinski definition) is 6. The van der Waals surface area contributed by atoms with Crippen molar-refractivity contribution in [3.63, 3.8) is 0 Å². The average Bonchev–Trinajstić information content (AvgIpc) is 2.38. The largest absolute Gasteiger partial charge is 0.349 e. The van der Waals surface area contributed by atoms with E-state index in [9.17, 15) is 9.59 Å². The van der Waals surface area contributed by atoms with Gasteiger partial charge in [0.1, 0.15) is 5.82 Å². The van der Waals surface area contributed by atoms with Gasteiger partial charge in [-0.2, -0.15) is 9.97 Å². The maximum absolute atomic E-state index is 11.4. The summed E-state index contributed by atoms with van der Waals surface area (Å²) in [5, 5.41) is 0.703. The van der Waals surface area contributed by atoms with Crippen LogP contribution >= 0.6 is 0 Å². The van der Waals surface area contributed by atoms with Crippen LogP contribution in [0.4, 0.5) is 5.95 Å². The Bertz CT molecular complexity index is 624. The third-order valence-corrected chi connectivity index (χ3v) is 2.13. The first-order chi connectivity index (χ1) is 8.58. The van der Waals surface area contributed by atoms with Crippen molar-refractivity contribution in [2.45, 2.75) is 6.92 Å². The predicted octanol–water partition coefficient (Wildman–Crippen LogP) is -0.546. The van der Waals surface area contributed by atoms with E-state index in [0.29, 0.717) is 10.6 Å². The molecule has 0 bridgehead atoms. The number of hydrazine groups is 1. The average molecular weight is 246 g/mol. The first-order valence-corrected chi connectivity index (χ1v) is 5.02. The standard InChI is InChI=1S/C10H10N6O2/c1-6(17)16(11)9-13-8(14-10(18)15-9)7-3-2-4-12-5-7/h2-5H,11H2,1H3,(H,13,14,15,18). The van der Waals surface area contributed by atoms with Crippen LogP contribution in [0.15, 0.2) is 29.3 Å². The van der Waals surface area contributed by atoms with Crippen molar-refractivity contribution in [1.29, 1.82) is 0 Å². The van der Waals surface area contributed by atoms with Crippen LogP contribution in [-0.4, -0.2) is 25.8 Å². The zero-order valence-corrected chi connectivity index (χ0v) is 9.49. The molecule has 92 valence electrons. The number of hydrogen-bond donors (Lipinski definition) is 2. The Balaban J connectivity index is 2.51. The summed E-state index contributed by atoms with van der Waals surface area (Å²) >= 11 is 0. The molecule has 0 saturated carbocycles. The van der Waals surface area contributed by atoms with Crippen molar-refractivity contribution in [2.24, 2.45) is 5.84 Å². The van der Waals surface area contributed by atoms with Gasteiger partial charge >= 0.3 is 5.69 Å². The number of nitrogens with one attached hydrogen (secondary N) is 1. The zero-order chi connectivity index (χ0) is 13.1. The van der Waals surface area contributed by atoms with Gasteiger partial charge in [0.05, 0.1) is 0 Å². The minimum Gasteiger partial charge on any atom is -0.290 e. The number of aromatic nitrogens is 4. The SMILES string of the molecule is CC(=O)N(N)c1nc(-c2cccnc2)[nH]c(=O)n1. The second kappa shape index (κ2) is 4.72. The van der Waals surface area contributed by atoms with Gasteiger partial charge in [0, 0.05) is 24.9 Å². The normalized spacial score (nSPS) is 10.1. The van der Waals surface area contributed by atoms with Crippen molar-refractivity contribution >= 4 is 11.9 Å². The molecule has 0 aromatic carbocycles. The summed E-state index contributed by atoms with van der Waals surface area (Å²) in [6, 6.07) is 3.41. The van der Waals surface area contributed by atoms with E-state index in [-0.39, 0.29) is 11.8 Å². The summed E-state index contributed by atoms with van der Waals surface area (Å²) < 4.78 is 0. The molecule has 0 spiro atoms. The Morgan fingerprint density at radius 1 is 1.44 bits per heavy atom. The molecule has 8 nitrogen and oxygen atoms in total. The van der Waals surface area contributed by atoms with Gasteiger partial charge in [-0.3, -0.25) is 14.8 Å². The van der Waals surface area contributed by atoms with Crippen LogP contribution in [-0.2, 0) is 4.79 Å². The summed E-state index contributed by atoms with van der Waals surface area (Å²) in [7, 11) is 0. The molecule has 2 rings (SSSR count). The Morgan fingerprint density at radius 3 is 2.83 bits per heavy atom. The van der Waals surface area contributed by atoms with Crippen LogP contribution in [0, 0.1) is 0 Å². The summed E-state index contributed by atoms with van der Waals surface area (Å²) in [5.74, 6) is 5.05. The first kappa shape index (κ1) is 11.9. The molecule has 0 aliphatic heterocycles. The third-order valence-electron chi connectivity index (χ3n) is 2.13. The minimum absolute atomic E-state index is 0.162. The molecule has 0 saturated heterocycles. The topological polar surface area (TPSA) is 118 Å². The smallest absolute Gasteiger partial charge is 0.290 e. The van der Waals surface area contributed by atoms with E-state index in [1.54, 1.807) is 18.3 Å². The van der Waals surface area contributed by atoms with Crippen LogP contribution in [0.3, 0.4) is 0 Å². The lowest BCUT2D eigenvalue weighted by molar-refractivity contribution is -0.116. The quantitative estimate of drug-likeness (QED) is 0.417. The fourth-order valence-corrected chi connectivity index (χ4v) is 1.26. The van der Waals surface area contributed by atoms with Gasteiger partial charge in [-0.05, 0) is 12.1 Å². The predicted molar refractivity (Wildman–Crippen MR) is 63.2 cm³/mol. The van der Waals surface area contributed by atoms with Crippen LogP contribution in [0.25, 0.3) is 11.4 Å². The Morgan fingerprint density at radius 2 is 2.22 bits per heavy atom. The molecule has 0 unspecified atom stereocenters. The maximum Gasteiger partial charge on any atom is 0.349 e. The number of pyridine rings is 1. The van der Waals surface area contributed by atoms with E-state index in [1.165, 1.54) is 13.1 Å². The zero-order valence-electron chi connectivity index (χ0n) is 9.49. The lowest BCUT2D eigenvalue weighted by Gasteiger charge is -2.11. The molecule has 0 atom stereocenters. The Kier molecular flexibility index (Phi) is 3.11. The van der Waals surface area contributed by atoms with E-state index >= 15 is 0 Å². The molecule has 2 aromatic rings. The number of nitrogens with two attached hydrogens (primary N) is 1. The molecule has 8 heteroatoms. The van der Waals surface area contributed by atoms with Crippen molar-refractivity contribution in [2.75, 3.05) is 5.01 Å². The highest BCUT2D eigenvalue weighted by Gasteiger charge is 2.12. The second-order valence-corrected chi connectivity index (χ2v) is 3.43. The molecular formula is C10H10N6O2. The number of nitrogens with zero attached hydrogens (tertiary/aromatic N) is 4. The lowest BCUT2D eigenvalue weighted by Crippen LogP contribution is -2.38. The van der Waals surface area contributed by atoms with E-state index in [2.05, 4.69) is 19.9 Å². The molecule has 2 heterocycles. The molecule has 0 aliphatic rings. The third kappa shape index (κ3) is 2.38. The van der Waals surface area contributed by atoms with E-state index < -0.39 is 11.6 Å². The monoisotopic (exact) mass is 246 g/mol. The number of carbonyl (C=O) groups excluding carboxylic acids is 1. The number of anilines is 1. The molecule has 1 amide bonds. The highest BCUT2D eigenvalue weighted by molar-refractivity contribution is 5.88. The van der Waals surface area contributed by atoms with Gasteiger partial charge in [0.25, 0.3) is 5.95 Å². The maximum atomic E-state index is 11.4. The van der Waals surface area contributed by atoms with Crippen molar-refractivity contribution < 1.29 is 4.79 Å². The van der Waals surface area contributed by atoms with Gasteiger partial charge in [-0.15, -0.1) is 0 Å². The number of rotatable bonds is 2. The molecule has 0 radical (unpaired) electrons. The second-order valence-electron chi connectivity index (χ2n) is 3.43. The number of aromatic amines is 1. The van der Waals surface area contributed by atoms with Crippen molar-refractivity contribution in [3.05, 3.63) is 35.0 Å². The molecule has 18 heavy (non-hydrogen) atoms. The highest BCUT2D eigenvalue weighted by Crippen LogP contribution is 2.12. The highest BCUT2D eigenvalue weighted by atomic mass is 16.2.